The molecule has 23 heavy (non-hydrogen) atoms. The minimum atomic E-state index is -0.961. The summed E-state index contributed by atoms with van der Waals surface area (Å²) in [5.74, 6) is 0.309. The van der Waals surface area contributed by atoms with Crippen molar-refractivity contribution in [3.63, 3.8) is 0 Å². The van der Waals surface area contributed by atoms with Gasteiger partial charge in [-0.25, -0.2) is 4.79 Å². The summed E-state index contributed by atoms with van der Waals surface area (Å²) >= 11 is 0. The second kappa shape index (κ2) is 5.96. The first-order valence-corrected chi connectivity index (χ1v) is 8.40. The Kier molecular flexibility index (Phi) is 4.15. The molecule has 3 amide bonds. The van der Waals surface area contributed by atoms with Crippen LogP contribution in [0.5, 0.6) is 0 Å². The highest BCUT2D eigenvalue weighted by Gasteiger charge is 2.51. The predicted molar refractivity (Wildman–Crippen MR) is 89.2 cm³/mol. The van der Waals surface area contributed by atoms with Gasteiger partial charge < -0.3 is 10.6 Å². The van der Waals surface area contributed by atoms with Crippen molar-refractivity contribution in [2.75, 3.05) is 13.1 Å². The largest absolute Gasteiger partial charge is 0.325 e. The van der Waals surface area contributed by atoms with E-state index in [1.165, 1.54) is 10.5 Å². The molecule has 5 heteroatoms. The lowest BCUT2D eigenvalue weighted by molar-refractivity contribution is -0.133. The number of urea groups is 1. The quantitative estimate of drug-likeness (QED) is 0.842. The maximum absolute atomic E-state index is 13.0. The molecular weight excluding hydrogens is 290 g/mol. The Hall–Kier alpha value is -1.88. The third-order valence-electron chi connectivity index (χ3n) is 5.05. The molecule has 0 bridgehead atoms. The van der Waals surface area contributed by atoms with Gasteiger partial charge in [0.15, 0.2) is 0 Å². The second-order valence-electron chi connectivity index (χ2n) is 6.99. The van der Waals surface area contributed by atoms with E-state index in [-0.39, 0.29) is 18.0 Å². The number of imide groups is 1. The fourth-order valence-electron chi connectivity index (χ4n) is 3.45. The van der Waals surface area contributed by atoms with Crippen molar-refractivity contribution in [2.45, 2.75) is 51.1 Å². The number of nitrogens with one attached hydrogen (secondary N) is 2. The molecule has 124 valence electrons. The predicted octanol–water partition coefficient (Wildman–Crippen LogP) is 2.33. The van der Waals surface area contributed by atoms with Crippen LogP contribution in [0.15, 0.2) is 24.3 Å². The van der Waals surface area contributed by atoms with E-state index in [0.717, 1.165) is 31.5 Å². The average molecular weight is 315 g/mol. The van der Waals surface area contributed by atoms with E-state index in [1.54, 1.807) is 6.92 Å². The van der Waals surface area contributed by atoms with E-state index >= 15 is 0 Å². The summed E-state index contributed by atoms with van der Waals surface area (Å²) < 4.78 is 0. The standard InChI is InChI=1S/C18H25N3O2/c1-12(2)13-4-6-14(7-5-13)18(3)16(22)21(17(23)20-18)15-8-10-19-11-9-15/h4-7,12,15,19H,8-11H2,1-3H3,(H,20,23). The molecule has 0 radical (unpaired) electrons. The van der Waals surface area contributed by atoms with Crippen LogP contribution in [0.3, 0.4) is 0 Å². The lowest BCUT2D eigenvalue weighted by Crippen LogP contribution is -2.47. The van der Waals surface area contributed by atoms with Crippen molar-refractivity contribution in [3.8, 4) is 0 Å². The fraction of sp³-hybridized carbons (Fsp3) is 0.556. The van der Waals surface area contributed by atoms with Gasteiger partial charge in [-0.2, -0.15) is 0 Å². The van der Waals surface area contributed by atoms with E-state index in [2.05, 4.69) is 24.5 Å². The molecule has 0 aliphatic carbocycles. The maximum Gasteiger partial charge on any atom is 0.325 e. The third-order valence-corrected chi connectivity index (χ3v) is 5.05. The van der Waals surface area contributed by atoms with Gasteiger partial charge in [-0.15, -0.1) is 0 Å². The van der Waals surface area contributed by atoms with Crippen LogP contribution in [0, 0.1) is 0 Å². The number of hydrogen-bond donors (Lipinski definition) is 2. The van der Waals surface area contributed by atoms with E-state index < -0.39 is 5.54 Å². The highest BCUT2D eigenvalue weighted by molar-refractivity contribution is 6.07. The molecular formula is C18H25N3O2. The zero-order chi connectivity index (χ0) is 16.6. The number of benzene rings is 1. The molecule has 2 heterocycles. The summed E-state index contributed by atoms with van der Waals surface area (Å²) in [6, 6.07) is 7.73. The Balaban J connectivity index is 1.86. The highest BCUT2D eigenvalue weighted by Crippen LogP contribution is 2.32. The molecule has 2 aliphatic rings. The normalized spacial score (nSPS) is 26.0. The molecule has 1 unspecified atom stereocenters. The summed E-state index contributed by atoms with van der Waals surface area (Å²) in [4.78, 5) is 26.8. The van der Waals surface area contributed by atoms with Crippen LogP contribution in [0.2, 0.25) is 0 Å². The minimum Gasteiger partial charge on any atom is -0.319 e. The van der Waals surface area contributed by atoms with Crippen molar-refractivity contribution in [1.29, 1.82) is 0 Å². The van der Waals surface area contributed by atoms with E-state index in [4.69, 9.17) is 0 Å². The Bertz CT molecular complexity index is 605. The van der Waals surface area contributed by atoms with Crippen molar-refractivity contribution in [3.05, 3.63) is 35.4 Å². The van der Waals surface area contributed by atoms with Gasteiger partial charge in [-0.05, 0) is 49.9 Å². The number of piperidine rings is 1. The Morgan fingerprint density at radius 2 is 1.74 bits per heavy atom. The summed E-state index contributed by atoms with van der Waals surface area (Å²) in [6.45, 7) is 7.78. The van der Waals surface area contributed by atoms with Crippen LogP contribution < -0.4 is 10.6 Å². The van der Waals surface area contributed by atoms with Gasteiger partial charge in [-0.3, -0.25) is 9.69 Å². The zero-order valence-corrected chi connectivity index (χ0v) is 14.1. The number of nitrogens with zero attached hydrogens (tertiary/aromatic N) is 1. The summed E-state index contributed by atoms with van der Waals surface area (Å²) in [5, 5.41) is 6.18. The van der Waals surface area contributed by atoms with E-state index in [9.17, 15) is 9.59 Å². The van der Waals surface area contributed by atoms with Crippen LogP contribution in [0.4, 0.5) is 4.79 Å². The Morgan fingerprint density at radius 3 is 2.30 bits per heavy atom. The number of hydrogen-bond acceptors (Lipinski definition) is 3. The van der Waals surface area contributed by atoms with Crippen molar-refractivity contribution < 1.29 is 9.59 Å². The Morgan fingerprint density at radius 1 is 1.13 bits per heavy atom. The van der Waals surface area contributed by atoms with Crippen LogP contribution >= 0.6 is 0 Å². The van der Waals surface area contributed by atoms with Crippen LogP contribution in [-0.4, -0.2) is 36.0 Å². The molecule has 1 atom stereocenters. The van der Waals surface area contributed by atoms with Crippen LogP contribution in [0.1, 0.15) is 50.7 Å². The molecule has 5 nitrogen and oxygen atoms in total. The second-order valence-corrected chi connectivity index (χ2v) is 6.99. The van der Waals surface area contributed by atoms with Gasteiger partial charge in [0.05, 0.1) is 0 Å². The molecule has 1 aromatic rings. The first-order valence-electron chi connectivity index (χ1n) is 8.40. The van der Waals surface area contributed by atoms with Crippen LogP contribution in [-0.2, 0) is 10.3 Å². The van der Waals surface area contributed by atoms with Gasteiger partial charge in [0.25, 0.3) is 5.91 Å². The first-order chi connectivity index (χ1) is 10.9. The summed E-state index contributed by atoms with van der Waals surface area (Å²) in [7, 11) is 0. The maximum atomic E-state index is 13.0. The lowest BCUT2D eigenvalue weighted by atomic mass is 9.89. The minimum absolute atomic E-state index is 0.000474. The van der Waals surface area contributed by atoms with Crippen molar-refractivity contribution in [2.24, 2.45) is 0 Å². The molecule has 0 spiro atoms. The lowest BCUT2D eigenvalue weighted by Gasteiger charge is -2.30. The van der Waals surface area contributed by atoms with Gasteiger partial charge >= 0.3 is 6.03 Å². The number of amides is 3. The van der Waals surface area contributed by atoms with Crippen molar-refractivity contribution >= 4 is 11.9 Å². The summed E-state index contributed by atoms with van der Waals surface area (Å²) in [5.41, 5.74) is 1.11. The molecule has 1 aromatic carbocycles. The number of rotatable bonds is 3. The molecule has 2 fully saturated rings. The number of carbonyl (C=O) groups excluding carboxylic acids is 2. The molecule has 0 saturated carbocycles. The van der Waals surface area contributed by atoms with Gasteiger partial charge in [0.1, 0.15) is 5.54 Å². The molecule has 2 N–H and O–H groups in total. The van der Waals surface area contributed by atoms with Crippen LogP contribution in [0.25, 0.3) is 0 Å². The molecule has 0 aromatic heterocycles. The average Bonchev–Trinajstić information content (AvgIpc) is 2.78. The van der Waals surface area contributed by atoms with Crippen molar-refractivity contribution in [1.82, 2.24) is 15.5 Å². The van der Waals surface area contributed by atoms with Gasteiger partial charge in [0.2, 0.25) is 0 Å². The topological polar surface area (TPSA) is 61.4 Å². The molecule has 2 saturated heterocycles. The zero-order valence-electron chi connectivity index (χ0n) is 14.1. The third kappa shape index (κ3) is 2.74. The first kappa shape index (κ1) is 16.0. The molecule has 2 aliphatic heterocycles. The number of carbonyl (C=O) groups is 2. The Labute approximate surface area is 137 Å². The van der Waals surface area contributed by atoms with Gasteiger partial charge in [0, 0.05) is 6.04 Å². The monoisotopic (exact) mass is 315 g/mol. The smallest absolute Gasteiger partial charge is 0.319 e. The molecule has 3 rings (SSSR count). The van der Waals surface area contributed by atoms with E-state index in [1.807, 2.05) is 24.3 Å². The highest BCUT2D eigenvalue weighted by atomic mass is 16.2. The SMILES string of the molecule is CC(C)c1ccc(C2(C)NC(=O)N(C3CCNCC3)C2=O)cc1. The summed E-state index contributed by atoms with van der Waals surface area (Å²) in [6.07, 6.45) is 1.64. The fourth-order valence-corrected chi connectivity index (χ4v) is 3.45. The van der Waals surface area contributed by atoms with Gasteiger partial charge in [-0.1, -0.05) is 38.1 Å². The van der Waals surface area contributed by atoms with E-state index in [0.29, 0.717) is 5.92 Å².